The van der Waals surface area contributed by atoms with E-state index in [9.17, 15) is 14.9 Å². The highest BCUT2D eigenvalue weighted by atomic mass is 16.6. The Morgan fingerprint density at radius 2 is 2.14 bits per heavy atom. The molecule has 2 rings (SSSR count). The van der Waals surface area contributed by atoms with Gasteiger partial charge in [0.25, 0.3) is 0 Å². The molecule has 1 aromatic carbocycles. The number of nitrogens with zero attached hydrogens (tertiary/aromatic N) is 3. The van der Waals surface area contributed by atoms with Gasteiger partial charge in [0, 0.05) is 13.1 Å². The number of nitro benzene ring substituents is 1. The van der Waals surface area contributed by atoms with E-state index in [1.54, 1.807) is 24.0 Å². The number of nitriles is 1. The number of nitro groups is 1. The standard InChI is InChI=1S/C14H16N4O3/c1-10(14(19)17-7-2-3-8-17)16-12-6-4-5-11(9-15)13(12)18(20)21/h4-6,10,16H,2-3,7-8H2,1H3. The maximum absolute atomic E-state index is 12.2. The van der Waals surface area contributed by atoms with Gasteiger partial charge in [-0.25, -0.2) is 0 Å². The van der Waals surface area contributed by atoms with Crippen LogP contribution in [0.25, 0.3) is 0 Å². The highest BCUT2D eigenvalue weighted by Crippen LogP contribution is 2.28. The fourth-order valence-electron chi connectivity index (χ4n) is 2.45. The Balaban J connectivity index is 2.21. The molecule has 1 N–H and O–H groups in total. The summed E-state index contributed by atoms with van der Waals surface area (Å²) in [7, 11) is 0. The van der Waals surface area contributed by atoms with Crippen LogP contribution >= 0.6 is 0 Å². The molecule has 7 nitrogen and oxygen atoms in total. The summed E-state index contributed by atoms with van der Waals surface area (Å²) < 4.78 is 0. The van der Waals surface area contributed by atoms with Crippen molar-refractivity contribution in [2.24, 2.45) is 0 Å². The Morgan fingerprint density at radius 3 is 2.71 bits per heavy atom. The molecule has 0 radical (unpaired) electrons. The van der Waals surface area contributed by atoms with Crippen molar-refractivity contribution >= 4 is 17.3 Å². The number of anilines is 1. The molecule has 1 atom stereocenters. The first-order valence-electron chi connectivity index (χ1n) is 6.77. The van der Waals surface area contributed by atoms with E-state index in [4.69, 9.17) is 5.26 Å². The molecule has 1 saturated heterocycles. The largest absolute Gasteiger partial charge is 0.368 e. The van der Waals surface area contributed by atoms with Gasteiger partial charge in [-0.3, -0.25) is 14.9 Å². The zero-order valence-corrected chi connectivity index (χ0v) is 11.7. The Hall–Kier alpha value is -2.62. The number of nitrogens with one attached hydrogen (secondary N) is 1. The van der Waals surface area contributed by atoms with E-state index in [0.29, 0.717) is 0 Å². The molecule has 1 amide bonds. The second-order valence-electron chi connectivity index (χ2n) is 4.97. The molecule has 1 heterocycles. The first kappa shape index (κ1) is 14.8. The normalized spacial score (nSPS) is 15.3. The third-order valence-corrected chi connectivity index (χ3v) is 3.50. The predicted molar refractivity (Wildman–Crippen MR) is 76.7 cm³/mol. The highest BCUT2D eigenvalue weighted by molar-refractivity contribution is 5.85. The van der Waals surface area contributed by atoms with Crippen molar-refractivity contribution in [3.63, 3.8) is 0 Å². The topological polar surface area (TPSA) is 99.3 Å². The fraction of sp³-hybridized carbons (Fsp3) is 0.429. The van der Waals surface area contributed by atoms with Gasteiger partial charge >= 0.3 is 5.69 Å². The summed E-state index contributed by atoms with van der Waals surface area (Å²) in [4.78, 5) is 24.5. The second-order valence-corrected chi connectivity index (χ2v) is 4.97. The van der Waals surface area contributed by atoms with Gasteiger partial charge in [-0.1, -0.05) is 6.07 Å². The van der Waals surface area contributed by atoms with Crippen LogP contribution in [0.4, 0.5) is 11.4 Å². The van der Waals surface area contributed by atoms with Crippen LogP contribution in [0.1, 0.15) is 25.3 Å². The van der Waals surface area contributed by atoms with Crippen LogP contribution in [0.2, 0.25) is 0 Å². The van der Waals surface area contributed by atoms with Crippen molar-refractivity contribution in [2.45, 2.75) is 25.8 Å². The molecule has 1 fully saturated rings. The maximum Gasteiger partial charge on any atom is 0.309 e. The van der Waals surface area contributed by atoms with Crippen LogP contribution in [0.15, 0.2) is 18.2 Å². The van der Waals surface area contributed by atoms with Crippen molar-refractivity contribution in [3.8, 4) is 6.07 Å². The molecule has 0 bridgehead atoms. The van der Waals surface area contributed by atoms with Gasteiger partial charge in [0.15, 0.2) is 0 Å². The summed E-state index contributed by atoms with van der Waals surface area (Å²) in [5.74, 6) is -0.0795. The predicted octanol–water partition coefficient (Wildman–Crippen LogP) is 1.89. The molecule has 0 aliphatic carbocycles. The van der Waals surface area contributed by atoms with Crippen LogP contribution < -0.4 is 5.32 Å². The first-order valence-corrected chi connectivity index (χ1v) is 6.77. The number of para-hydroxylation sites is 1. The van der Waals surface area contributed by atoms with Gasteiger partial charge in [0.2, 0.25) is 5.91 Å². The van der Waals surface area contributed by atoms with Crippen LogP contribution in [-0.2, 0) is 4.79 Å². The zero-order valence-electron chi connectivity index (χ0n) is 11.7. The molecule has 7 heteroatoms. The van der Waals surface area contributed by atoms with Crippen LogP contribution in [0.3, 0.4) is 0 Å². The Bertz CT molecular complexity index is 603. The average molecular weight is 288 g/mol. The quantitative estimate of drug-likeness (QED) is 0.673. The number of rotatable bonds is 4. The van der Waals surface area contributed by atoms with Gasteiger partial charge in [-0.15, -0.1) is 0 Å². The lowest BCUT2D eigenvalue weighted by Crippen LogP contribution is -2.39. The minimum Gasteiger partial charge on any atom is -0.368 e. The fourth-order valence-corrected chi connectivity index (χ4v) is 2.45. The van der Waals surface area contributed by atoms with E-state index in [1.165, 1.54) is 12.1 Å². The SMILES string of the molecule is CC(Nc1cccc(C#N)c1[N+](=O)[O-])C(=O)N1CCCC1. The summed E-state index contributed by atoms with van der Waals surface area (Å²) in [6, 6.07) is 5.67. The lowest BCUT2D eigenvalue weighted by molar-refractivity contribution is -0.384. The number of hydrogen-bond acceptors (Lipinski definition) is 5. The monoisotopic (exact) mass is 288 g/mol. The lowest BCUT2D eigenvalue weighted by Gasteiger charge is -2.21. The molecule has 110 valence electrons. The van der Waals surface area contributed by atoms with Gasteiger partial charge in [0.1, 0.15) is 23.4 Å². The summed E-state index contributed by atoms with van der Waals surface area (Å²) in [6.07, 6.45) is 1.98. The minimum atomic E-state index is -0.603. The van der Waals surface area contributed by atoms with Gasteiger partial charge < -0.3 is 10.2 Å². The first-order chi connectivity index (χ1) is 10.0. The molecule has 0 saturated carbocycles. The Labute approximate surface area is 122 Å². The Kier molecular flexibility index (Phi) is 4.38. The summed E-state index contributed by atoms with van der Waals surface area (Å²) in [6.45, 7) is 3.12. The number of amides is 1. The molecule has 0 aromatic heterocycles. The smallest absolute Gasteiger partial charge is 0.309 e. The van der Waals surface area contributed by atoms with Crippen LogP contribution in [0.5, 0.6) is 0 Å². The highest BCUT2D eigenvalue weighted by Gasteiger charge is 2.26. The van der Waals surface area contributed by atoms with E-state index in [1.807, 2.05) is 0 Å². The molecule has 1 aliphatic heterocycles. The van der Waals surface area contributed by atoms with Crippen molar-refractivity contribution in [1.82, 2.24) is 4.90 Å². The maximum atomic E-state index is 12.2. The van der Waals surface area contributed by atoms with Gasteiger partial charge in [-0.2, -0.15) is 5.26 Å². The van der Waals surface area contributed by atoms with Gasteiger partial charge in [-0.05, 0) is 31.9 Å². The number of benzene rings is 1. The molecule has 21 heavy (non-hydrogen) atoms. The average Bonchev–Trinajstić information content (AvgIpc) is 2.99. The number of hydrogen-bond donors (Lipinski definition) is 1. The lowest BCUT2D eigenvalue weighted by atomic mass is 10.1. The molecule has 0 spiro atoms. The molecular weight excluding hydrogens is 272 g/mol. The molecule has 1 aliphatic rings. The molecular formula is C14H16N4O3. The van der Waals surface area contributed by atoms with Crippen LogP contribution in [0, 0.1) is 21.4 Å². The second kappa shape index (κ2) is 6.22. The summed E-state index contributed by atoms with van der Waals surface area (Å²) in [5.41, 5.74) is -0.119. The van der Waals surface area contributed by atoms with Crippen molar-refractivity contribution in [1.29, 1.82) is 5.26 Å². The van der Waals surface area contributed by atoms with E-state index in [-0.39, 0.29) is 22.8 Å². The number of carbonyl (C=O) groups is 1. The van der Waals surface area contributed by atoms with Crippen molar-refractivity contribution in [3.05, 3.63) is 33.9 Å². The van der Waals surface area contributed by atoms with Gasteiger partial charge in [0.05, 0.1) is 4.92 Å². The molecule has 1 aromatic rings. The summed E-state index contributed by atoms with van der Waals surface area (Å²) >= 11 is 0. The third-order valence-electron chi connectivity index (χ3n) is 3.50. The third kappa shape index (κ3) is 3.11. The van der Waals surface area contributed by atoms with E-state index in [2.05, 4.69) is 5.32 Å². The van der Waals surface area contributed by atoms with E-state index >= 15 is 0 Å². The summed E-state index contributed by atoms with van der Waals surface area (Å²) in [5, 5.41) is 22.9. The van der Waals surface area contributed by atoms with Crippen molar-refractivity contribution in [2.75, 3.05) is 18.4 Å². The van der Waals surface area contributed by atoms with E-state index in [0.717, 1.165) is 25.9 Å². The van der Waals surface area contributed by atoms with Crippen LogP contribution in [-0.4, -0.2) is 34.9 Å². The minimum absolute atomic E-state index is 0.0224. The molecule has 1 unspecified atom stereocenters. The van der Waals surface area contributed by atoms with E-state index < -0.39 is 11.0 Å². The number of carbonyl (C=O) groups excluding carboxylic acids is 1. The zero-order chi connectivity index (χ0) is 15.4. The van der Waals surface area contributed by atoms with Crippen molar-refractivity contribution < 1.29 is 9.72 Å². The number of likely N-dealkylation sites (tertiary alicyclic amines) is 1. The Morgan fingerprint density at radius 1 is 1.48 bits per heavy atom.